The van der Waals surface area contributed by atoms with E-state index in [9.17, 15) is 19.5 Å². The Kier molecular flexibility index (Phi) is 58.0. The summed E-state index contributed by atoms with van der Waals surface area (Å²) in [5, 5.41) is 10.1. The minimum absolute atomic E-state index is 0.0565. The van der Waals surface area contributed by atoms with E-state index in [-0.39, 0.29) is 49.8 Å². The van der Waals surface area contributed by atoms with E-state index in [0.717, 1.165) is 96.3 Å². The first kappa shape index (κ1) is 70.8. The average molecular weight is 1040 g/mol. The molecule has 1 unspecified atom stereocenters. The SMILES string of the molecule is CCCCC/C=C\C/C=C\CCCCCCCCOC(=O)CCC(CCO)N(CCC(=O)OCCCCCCCC/C=C\C/C=C\CCCCC)CCC(=O)OCCCCCCCC/C=C\C/C=C\CCCCC. The van der Waals surface area contributed by atoms with Gasteiger partial charge in [0.15, 0.2) is 0 Å². The largest absolute Gasteiger partial charge is 0.466 e. The Morgan fingerprint density at radius 1 is 0.351 bits per heavy atom. The monoisotopic (exact) mass is 1040 g/mol. The van der Waals surface area contributed by atoms with E-state index in [4.69, 9.17) is 14.2 Å². The summed E-state index contributed by atoms with van der Waals surface area (Å²) in [5.41, 5.74) is 0. The highest BCUT2D eigenvalue weighted by atomic mass is 16.5. The second-order valence-corrected chi connectivity index (χ2v) is 20.7. The fourth-order valence-electron chi connectivity index (χ4n) is 8.94. The molecule has 428 valence electrons. The third-order valence-corrected chi connectivity index (χ3v) is 13.7. The lowest BCUT2D eigenvalue weighted by atomic mass is 10.1. The number of aliphatic hydroxyl groups is 1. The molecule has 0 fully saturated rings. The topological polar surface area (TPSA) is 102 Å². The molecule has 0 aliphatic rings. The molecule has 0 bridgehead atoms. The summed E-state index contributed by atoms with van der Waals surface area (Å²) in [4.78, 5) is 40.8. The first-order chi connectivity index (χ1) is 36.5. The minimum atomic E-state index is -0.256. The molecule has 0 aromatic carbocycles. The van der Waals surface area contributed by atoms with Gasteiger partial charge in [-0.15, -0.1) is 0 Å². The van der Waals surface area contributed by atoms with Crippen molar-refractivity contribution in [1.29, 1.82) is 0 Å². The van der Waals surface area contributed by atoms with Crippen molar-refractivity contribution in [1.82, 2.24) is 4.90 Å². The van der Waals surface area contributed by atoms with Crippen LogP contribution in [0.15, 0.2) is 72.9 Å². The van der Waals surface area contributed by atoms with Crippen LogP contribution in [0.25, 0.3) is 0 Å². The number of ether oxygens (including phenoxy) is 3. The summed E-state index contributed by atoms with van der Waals surface area (Å²) in [6.07, 6.45) is 70.8. The molecule has 0 radical (unpaired) electrons. The molecule has 0 saturated heterocycles. The van der Waals surface area contributed by atoms with Crippen LogP contribution in [0.1, 0.15) is 284 Å². The number of rotatable bonds is 57. The quantitative estimate of drug-likeness (QED) is 0.0278. The van der Waals surface area contributed by atoms with Gasteiger partial charge in [0.2, 0.25) is 0 Å². The van der Waals surface area contributed by atoms with Crippen LogP contribution in [-0.4, -0.2) is 73.5 Å². The molecule has 0 aromatic rings. The molecule has 0 heterocycles. The molecule has 0 rings (SSSR count). The van der Waals surface area contributed by atoms with Crippen molar-refractivity contribution < 1.29 is 33.7 Å². The van der Waals surface area contributed by atoms with Crippen molar-refractivity contribution in [3.63, 3.8) is 0 Å². The normalized spacial score (nSPS) is 12.6. The van der Waals surface area contributed by atoms with Crippen molar-refractivity contribution in [3.05, 3.63) is 72.9 Å². The van der Waals surface area contributed by atoms with Gasteiger partial charge in [-0.3, -0.25) is 19.3 Å². The molecule has 1 atom stereocenters. The predicted molar refractivity (Wildman–Crippen MR) is 316 cm³/mol. The van der Waals surface area contributed by atoms with Gasteiger partial charge in [-0.25, -0.2) is 0 Å². The van der Waals surface area contributed by atoms with Gasteiger partial charge in [0.05, 0.1) is 32.7 Å². The van der Waals surface area contributed by atoms with E-state index >= 15 is 0 Å². The maximum absolute atomic E-state index is 12.9. The number of nitrogens with zero attached hydrogens (tertiary/aromatic N) is 1. The minimum Gasteiger partial charge on any atom is -0.466 e. The lowest BCUT2D eigenvalue weighted by Gasteiger charge is -2.31. The zero-order valence-corrected chi connectivity index (χ0v) is 48.6. The van der Waals surface area contributed by atoms with Crippen LogP contribution in [0.5, 0.6) is 0 Å². The summed E-state index contributed by atoms with van der Waals surface area (Å²) in [7, 11) is 0. The number of unbranched alkanes of at least 4 members (excludes halogenated alkanes) is 27. The second kappa shape index (κ2) is 60.6. The van der Waals surface area contributed by atoms with E-state index in [1.807, 2.05) is 0 Å². The van der Waals surface area contributed by atoms with E-state index in [0.29, 0.717) is 45.8 Å². The van der Waals surface area contributed by atoms with Crippen molar-refractivity contribution in [2.45, 2.75) is 290 Å². The number of carbonyl (C=O) groups excluding carboxylic acids is 3. The molecular formula is C66H117NO7. The van der Waals surface area contributed by atoms with Crippen molar-refractivity contribution in [2.24, 2.45) is 0 Å². The number of hydrogen-bond donors (Lipinski definition) is 1. The van der Waals surface area contributed by atoms with Gasteiger partial charge in [-0.1, -0.05) is 209 Å². The molecule has 74 heavy (non-hydrogen) atoms. The number of esters is 3. The van der Waals surface area contributed by atoms with E-state index < -0.39 is 0 Å². The van der Waals surface area contributed by atoms with Crippen LogP contribution < -0.4 is 0 Å². The van der Waals surface area contributed by atoms with Gasteiger partial charge in [0.1, 0.15) is 0 Å². The number of aliphatic hydroxyl groups excluding tert-OH is 1. The molecule has 8 nitrogen and oxygen atoms in total. The maximum Gasteiger partial charge on any atom is 0.307 e. The molecule has 0 aliphatic carbocycles. The standard InChI is InChI=1S/C66H117NO7/c1-4-7-10-13-16-19-22-25-28-31-34-37-40-43-46-49-60-72-64(69)53-52-63(56-59-68)67(57-54-65(70)73-61-50-47-44-41-38-35-32-29-26-23-20-17-14-11-8-5-2)58-55-66(71)74-62-51-48-45-42-39-36-33-30-27-24-21-18-15-12-9-6-3/h16-21,25-30,63,68H,4-15,22-24,31-62H2,1-3H3/b19-16-,20-17-,21-18-,28-25-,29-26-,30-27-. The average Bonchev–Trinajstić information content (AvgIpc) is 3.40. The van der Waals surface area contributed by atoms with E-state index in [1.54, 1.807) is 0 Å². The third kappa shape index (κ3) is 55.0. The predicted octanol–water partition coefficient (Wildman–Crippen LogP) is 18.7. The van der Waals surface area contributed by atoms with Crippen molar-refractivity contribution >= 4 is 17.9 Å². The van der Waals surface area contributed by atoms with Gasteiger partial charge < -0.3 is 19.3 Å². The van der Waals surface area contributed by atoms with Gasteiger partial charge in [-0.2, -0.15) is 0 Å². The number of carbonyl (C=O) groups is 3. The van der Waals surface area contributed by atoms with Crippen LogP contribution >= 0.6 is 0 Å². The Balaban J connectivity index is 4.70. The Morgan fingerprint density at radius 2 is 0.622 bits per heavy atom. The highest BCUT2D eigenvalue weighted by Gasteiger charge is 2.22. The summed E-state index contributed by atoms with van der Waals surface area (Å²) >= 11 is 0. The zero-order chi connectivity index (χ0) is 53.7. The molecule has 0 amide bonds. The van der Waals surface area contributed by atoms with Gasteiger partial charge in [-0.05, 0) is 128 Å². The molecule has 0 aromatic heterocycles. The van der Waals surface area contributed by atoms with Gasteiger partial charge >= 0.3 is 17.9 Å². The zero-order valence-electron chi connectivity index (χ0n) is 48.6. The van der Waals surface area contributed by atoms with E-state index in [2.05, 4.69) is 98.6 Å². The van der Waals surface area contributed by atoms with E-state index in [1.165, 1.54) is 135 Å². The van der Waals surface area contributed by atoms with Crippen LogP contribution in [0.3, 0.4) is 0 Å². The smallest absolute Gasteiger partial charge is 0.307 e. The maximum atomic E-state index is 12.9. The molecule has 1 N–H and O–H groups in total. The lowest BCUT2D eigenvalue weighted by Crippen LogP contribution is -2.39. The van der Waals surface area contributed by atoms with Crippen molar-refractivity contribution in [3.8, 4) is 0 Å². The van der Waals surface area contributed by atoms with Gasteiger partial charge in [0, 0.05) is 32.2 Å². The van der Waals surface area contributed by atoms with Crippen LogP contribution in [-0.2, 0) is 28.6 Å². The summed E-state index contributed by atoms with van der Waals surface area (Å²) in [6, 6.07) is -0.185. The Morgan fingerprint density at radius 3 is 0.919 bits per heavy atom. The Labute approximate surface area is 457 Å². The van der Waals surface area contributed by atoms with Crippen LogP contribution in [0, 0.1) is 0 Å². The Hall–Kier alpha value is -3.23. The second-order valence-electron chi connectivity index (χ2n) is 20.7. The first-order valence-corrected chi connectivity index (χ1v) is 31.2. The highest BCUT2D eigenvalue weighted by molar-refractivity contribution is 5.70. The highest BCUT2D eigenvalue weighted by Crippen LogP contribution is 2.17. The van der Waals surface area contributed by atoms with Crippen LogP contribution in [0.2, 0.25) is 0 Å². The molecule has 0 aliphatic heterocycles. The number of allylic oxidation sites excluding steroid dienone is 12. The molecule has 8 heteroatoms. The molecule has 0 saturated carbocycles. The van der Waals surface area contributed by atoms with Crippen molar-refractivity contribution in [2.75, 3.05) is 39.5 Å². The fraction of sp³-hybridized carbons (Fsp3) is 0.773. The summed E-state index contributed by atoms with van der Waals surface area (Å²) in [6.45, 7) is 8.68. The Bertz CT molecular complexity index is 1330. The fourth-order valence-corrected chi connectivity index (χ4v) is 8.94. The molecule has 0 spiro atoms. The lowest BCUT2D eigenvalue weighted by molar-refractivity contribution is -0.146. The first-order valence-electron chi connectivity index (χ1n) is 31.2. The molecular weight excluding hydrogens is 919 g/mol. The summed E-state index contributed by atoms with van der Waals surface area (Å²) in [5.74, 6) is -0.753. The third-order valence-electron chi connectivity index (χ3n) is 13.7. The van der Waals surface area contributed by atoms with Crippen LogP contribution in [0.4, 0.5) is 0 Å². The summed E-state index contributed by atoms with van der Waals surface area (Å²) < 4.78 is 16.9. The number of hydrogen-bond acceptors (Lipinski definition) is 8. The van der Waals surface area contributed by atoms with Gasteiger partial charge in [0.25, 0.3) is 0 Å².